The van der Waals surface area contributed by atoms with E-state index in [0.29, 0.717) is 66.8 Å². The summed E-state index contributed by atoms with van der Waals surface area (Å²) in [7, 11) is -10.6. The number of fused-ring (bicyclic) bond motifs is 1. The molecule has 0 aliphatic carbocycles. The van der Waals surface area contributed by atoms with Gasteiger partial charge >= 0.3 is 6.18 Å². The number of benzene rings is 2. The molecule has 7 N–H and O–H groups in total. The van der Waals surface area contributed by atoms with E-state index in [4.69, 9.17) is 14.7 Å². The fraction of sp³-hybridized carbons (Fsp3) is 0.348. The Balaban J connectivity index is 2.02. The number of sulfonamides is 1. The summed E-state index contributed by atoms with van der Waals surface area (Å²) in [4.78, 5) is 24.1. The number of hydrogen-bond donors (Lipinski definition) is 3. The molecule has 0 amide bonds. The molecule has 3 rings (SSSR count). The summed E-state index contributed by atoms with van der Waals surface area (Å²) in [5.74, 6) is -1.87. The molecule has 11 nitrogen and oxygen atoms in total. The quantitative estimate of drug-likeness (QED) is 0.182. The fourth-order valence-corrected chi connectivity index (χ4v) is 7.48. The van der Waals surface area contributed by atoms with Crippen LogP contribution in [0.3, 0.4) is 0 Å². The van der Waals surface area contributed by atoms with E-state index in [1.165, 1.54) is 12.1 Å². The number of quaternary nitrogens is 2. The molecule has 0 fully saturated rings. The van der Waals surface area contributed by atoms with Crippen molar-refractivity contribution in [2.45, 2.75) is 29.0 Å². The number of rotatable bonds is 13. The first-order valence-electron chi connectivity index (χ1n) is 11.8. The molecule has 0 spiro atoms. The first kappa shape index (κ1) is 31.8. The minimum atomic E-state index is -5.88. The van der Waals surface area contributed by atoms with E-state index in [1.54, 1.807) is 16.9 Å². The van der Waals surface area contributed by atoms with Crippen LogP contribution in [0.15, 0.2) is 40.6 Å². The summed E-state index contributed by atoms with van der Waals surface area (Å²) in [6.45, 7) is 1.90. The molecule has 1 unspecified atom stereocenters. The zero-order valence-electron chi connectivity index (χ0n) is 20.9. The third-order valence-electron chi connectivity index (χ3n) is 5.50. The van der Waals surface area contributed by atoms with Crippen LogP contribution in [0, 0.1) is 11.3 Å². The summed E-state index contributed by atoms with van der Waals surface area (Å²) in [5, 5.41) is 9.38. The van der Waals surface area contributed by atoms with E-state index >= 15 is 0 Å². The summed E-state index contributed by atoms with van der Waals surface area (Å²) in [6.07, 6.45) is -3.76. The van der Waals surface area contributed by atoms with Gasteiger partial charge in [-0.2, -0.15) is 23.2 Å². The maximum atomic E-state index is 13.4. The molecule has 1 aromatic heterocycles. The Morgan fingerprint density at radius 3 is 2.17 bits per heavy atom. The predicted molar refractivity (Wildman–Crippen MR) is 134 cm³/mol. The normalized spacial score (nSPS) is 13.2. The van der Waals surface area contributed by atoms with Crippen LogP contribution in [-0.4, -0.2) is 34.7 Å². The number of thiophene rings is 1. The second-order valence-electron chi connectivity index (χ2n) is 8.49. The van der Waals surface area contributed by atoms with Crippen LogP contribution < -0.4 is 35.4 Å². The van der Waals surface area contributed by atoms with Gasteiger partial charge in [-0.25, -0.2) is 8.42 Å². The molecular formula is C23H26F3N4O7PS2. The zero-order valence-corrected chi connectivity index (χ0v) is 23.4. The Morgan fingerprint density at radius 1 is 1.05 bits per heavy atom. The minimum Gasteiger partial charge on any atom is -0.809 e. The molecule has 218 valence electrons. The van der Waals surface area contributed by atoms with Crippen LogP contribution >= 0.6 is 18.9 Å². The van der Waals surface area contributed by atoms with Crippen molar-refractivity contribution in [1.82, 2.24) is 4.72 Å². The third-order valence-corrected chi connectivity index (χ3v) is 9.73. The molecule has 1 heterocycles. The minimum absolute atomic E-state index is 0.268. The maximum absolute atomic E-state index is 13.4. The average Bonchev–Trinajstić information content (AvgIpc) is 3.30. The molecule has 0 aliphatic rings. The van der Waals surface area contributed by atoms with Gasteiger partial charge in [-0.1, -0.05) is 6.07 Å². The lowest BCUT2D eigenvalue weighted by Crippen LogP contribution is -2.50. The number of alkyl halides is 3. The van der Waals surface area contributed by atoms with E-state index in [1.807, 2.05) is 0 Å². The number of halogens is 3. The van der Waals surface area contributed by atoms with Gasteiger partial charge in [0.15, 0.2) is 11.5 Å². The van der Waals surface area contributed by atoms with Gasteiger partial charge in [0.1, 0.15) is 4.21 Å². The Kier molecular flexibility index (Phi) is 10.2. The molecule has 2 aromatic carbocycles. The van der Waals surface area contributed by atoms with E-state index in [2.05, 4.69) is 11.5 Å². The van der Waals surface area contributed by atoms with Crippen LogP contribution in [0.5, 0.6) is 11.5 Å². The van der Waals surface area contributed by atoms with Gasteiger partial charge in [0.25, 0.3) is 10.0 Å². The standard InChI is InChI=1S/C23H26F3N4O7PS2/c24-23(25,26)17-9-14(3-4-15(17)13-29)22(38(31,32)33)30-40(34,35)21-11-16-10-18(36-7-1-5-27)19(12-20(16)39-21)37-8-2-6-28/h3-4,9-12,22,30H,1-2,5-8,27-28H2,(H2,31,32,33). The molecule has 3 aromatic rings. The monoisotopic (exact) mass is 622 g/mol. The van der Waals surface area contributed by atoms with Crippen molar-refractivity contribution in [1.29, 1.82) is 5.26 Å². The van der Waals surface area contributed by atoms with E-state index < -0.39 is 50.5 Å². The molecular weight excluding hydrogens is 596 g/mol. The first-order valence-corrected chi connectivity index (χ1v) is 15.7. The van der Waals surface area contributed by atoms with Crippen molar-refractivity contribution in [3.05, 3.63) is 53.1 Å². The number of ether oxygens (including phenoxy) is 2. The lowest BCUT2D eigenvalue weighted by Gasteiger charge is -2.38. The number of hydrogen-bond acceptors (Lipinski definition) is 9. The Morgan fingerprint density at radius 2 is 1.65 bits per heavy atom. The topological polar surface area (TPSA) is 207 Å². The van der Waals surface area contributed by atoms with Crippen molar-refractivity contribution < 1.29 is 56.9 Å². The summed E-state index contributed by atoms with van der Waals surface area (Å²) < 4.78 is 91.9. The van der Waals surface area contributed by atoms with Crippen molar-refractivity contribution in [3.8, 4) is 17.6 Å². The Hall–Kier alpha value is -2.74. The van der Waals surface area contributed by atoms with Gasteiger partial charge in [0, 0.05) is 23.6 Å². The molecule has 1 atom stereocenters. The molecule has 17 heteroatoms. The highest BCUT2D eigenvalue weighted by molar-refractivity contribution is 7.92. The van der Waals surface area contributed by atoms with Gasteiger partial charge in [0.05, 0.1) is 49.3 Å². The Labute approximate surface area is 231 Å². The highest BCUT2D eigenvalue weighted by Crippen LogP contribution is 2.46. The summed E-state index contributed by atoms with van der Waals surface area (Å²) in [6, 6.07) is 7.36. The van der Waals surface area contributed by atoms with Crippen molar-refractivity contribution in [2.75, 3.05) is 26.3 Å². The SMILES string of the molecule is N#Cc1ccc(C(NS(=O)(=O)c2cc3cc(OCCC[NH3+])c(OCCC[NH3+])cc3s2)P(=O)([O-])[O-])cc1C(F)(F)F. The molecule has 0 saturated carbocycles. The molecule has 0 radical (unpaired) electrons. The Bertz CT molecular complexity index is 1510. The highest BCUT2D eigenvalue weighted by Gasteiger charge is 2.35. The lowest BCUT2D eigenvalue weighted by atomic mass is 10.0. The molecule has 40 heavy (non-hydrogen) atoms. The largest absolute Gasteiger partial charge is 0.809 e. The van der Waals surface area contributed by atoms with E-state index in [0.717, 1.165) is 17.4 Å². The number of nitrogens with one attached hydrogen (secondary N) is 1. The number of nitriles is 1. The van der Waals surface area contributed by atoms with Gasteiger partial charge in [0.2, 0.25) is 0 Å². The van der Waals surface area contributed by atoms with Crippen LogP contribution in [0.4, 0.5) is 13.2 Å². The van der Waals surface area contributed by atoms with Crippen LogP contribution in [0.1, 0.15) is 35.3 Å². The zero-order chi connectivity index (χ0) is 29.7. The molecule has 0 aliphatic heterocycles. The van der Waals surface area contributed by atoms with Gasteiger partial charge in [-0.05, 0) is 42.8 Å². The lowest BCUT2D eigenvalue weighted by molar-refractivity contribution is -0.369. The first-order chi connectivity index (χ1) is 18.7. The van der Waals surface area contributed by atoms with Crippen molar-refractivity contribution >= 4 is 39.0 Å². The van der Waals surface area contributed by atoms with E-state index in [-0.39, 0.29) is 6.07 Å². The maximum Gasteiger partial charge on any atom is 0.417 e. The van der Waals surface area contributed by atoms with E-state index in [9.17, 15) is 35.9 Å². The van der Waals surface area contributed by atoms with Gasteiger partial charge < -0.3 is 35.3 Å². The molecule has 0 saturated heterocycles. The smallest absolute Gasteiger partial charge is 0.417 e. The number of nitrogens with zero attached hydrogens (tertiary/aromatic N) is 1. The summed E-state index contributed by atoms with van der Waals surface area (Å²) >= 11 is 0.731. The third kappa shape index (κ3) is 7.71. The highest BCUT2D eigenvalue weighted by atomic mass is 32.2. The van der Waals surface area contributed by atoms with Gasteiger partial charge in [-0.15, -0.1) is 11.3 Å². The van der Waals surface area contributed by atoms with Crippen LogP contribution in [0.2, 0.25) is 0 Å². The second-order valence-corrected chi connectivity index (χ2v) is 13.1. The van der Waals surface area contributed by atoms with Crippen molar-refractivity contribution in [2.24, 2.45) is 0 Å². The van der Waals surface area contributed by atoms with Gasteiger partial charge in [-0.3, -0.25) is 0 Å². The van der Waals surface area contributed by atoms with Crippen molar-refractivity contribution in [3.63, 3.8) is 0 Å². The predicted octanol–water partition coefficient (Wildman–Crippen LogP) is 0.704. The van der Waals surface area contributed by atoms with Crippen LogP contribution in [0.25, 0.3) is 10.1 Å². The second kappa shape index (κ2) is 12.8. The molecule has 0 bridgehead atoms. The fourth-order valence-electron chi connectivity index (χ4n) is 3.53. The average molecular weight is 623 g/mol. The van der Waals surface area contributed by atoms with Crippen LogP contribution in [-0.2, 0) is 20.8 Å². The summed E-state index contributed by atoms with van der Waals surface area (Å²) in [5.41, 5.74) is 4.37.